The van der Waals surface area contributed by atoms with Crippen LogP contribution in [0.15, 0.2) is 60.0 Å². The molecular formula is C43H57FN8O9S. The topological polar surface area (TPSA) is 199 Å². The predicted molar refractivity (Wildman–Crippen MR) is 225 cm³/mol. The molecule has 0 aromatic heterocycles. The van der Waals surface area contributed by atoms with Crippen LogP contribution in [0.3, 0.4) is 0 Å². The molecule has 2 saturated heterocycles. The number of benzene rings is 2. The normalized spacial score (nSPS) is 27.2. The molecule has 62 heavy (non-hydrogen) atoms. The van der Waals surface area contributed by atoms with Gasteiger partial charge in [-0.1, -0.05) is 56.0 Å². The highest BCUT2D eigenvalue weighted by Gasteiger charge is 2.61. The monoisotopic (exact) mass is 880 g/mol. The Balaban J connectivity index is 1.15. The number of sulfonamides is 1. The third-order valence-corrected chi connectivity index (χ3v) is 14.0. The molecule has 336 valence electrons. The van der Waals surface area contributed by atoms with E-state index in [0.29, 0.717) is 62.6 Å². The van der Waals surface area contributed by atoms with Crippen molar-refractivity contribution in [3.8, 4) is 0 Å². The fourth-order valence-corrected chi connectivity index (χ4v) is 10.1. The summed E-state index contributed by atoms with van der Waals surface area (Å²) in [5.41, 5.74) is -0.350. The van der Waals surface area contributed by atoms with Gasteiger partial charge >= 0.3 is 12.1 Å². The molecule has 0 unspecified atom stereocenters. The lowest BCUT2D eigenvalue weighted by Gasteiger charge is -2.36. The molecule has 7 rings (SSSR count). The number of urea groups is 1. The number of rotatable bonds is 6. The summed E-state index contributed by atoms with van der Waals surface area (Å²) in [6.07, 6.45) is 3.54. The van der Waals surface area contributed by atoms with Crippen LogP contribution in [0.5, 0.6) is 0 Å². The molecule has 17 nitrogen and oxygen atoms in total. The summed E-state index contributed by atoms with van der Waals surface area (Å²) in [5.74, 6) is -3.36. The third-order valence-electron chi connectivity index (χ3n) is 12.6. The zero-order chi connectivity index (χ0) is 44.0. The quantitative estimate of drug-likeness (QED) is 0.312. The van der Waals surface area contributed by atoms with Crippen LogP contribution < -0.4 is 20.7 Å². The van der Waals surface area contributed by atoms with Crippen LogP contribution in [0.25, 0.3) is 0 Å². The van der Waals surface area contributed by atoms with E-state index in [2.05, 4.69) is 32.2 Å². The Morgan fingerprint density at radius 1 is 0.984 bits per heavy atom. The van der Waals surface area contributed by atoms with E-state index in [1.807, 2.05) is 0 Å². The van der Waals surface area contributed by atoms with Crippen LogP contribution in [0.1, 0.15) is 62.5 Å². The highest BCUT2D eigenvalue weighted by molar-refractivity contribution is 7.90. The average Bonchev–Trinajstić information content (AvgIpc) is 3.54. The van der Waals surface area contributed by atoms with Crippen LogP contribution in [0.4, 0.5) is 19.7 Å². The van der Waals surface area contributed by atoms with Crippen LogP contribution in [0.2, 0.25) is 0 Å². The maximum atomic E-state index is 14.8. The molecule has 0 bridgehead atoms. The molecule has 0 radical (unpaired) electrons. The van der Waals surface area contributed by atoms with Gasteiger partial charge in [-0.3, -0.25) is 24.2 Å². The second-order valence-electron chi connectivity index (χ2n) is 16.7. The number of anilines is 1. The second-order valence-corrected chi connectivity index (χ2v) is 18.4. The zero-order valence-electron chi connectivity index (χ0n) is 35.1. The van der Waals surface area contributed by atoms with Crippen molar-refractivity contribution >= 4 is 45.6 Å². The minimum absolute atomic E-state index is 0.0150. The second kappa shape index (κ2) is 19.4. The molecule has 19 heteroatoms. The Morgan fingerprint density at radius 2 is 1.74 bits per heavy atom. The number of nitrogens with zero attached hydrogens (tertiary/aromatic N) is 4. The third kappa shape index (κ3) is 9.99. The maximum absolute atomic E-state index is 14.8. The molecule has 3 fully saturated rings. The Morgan fingerprint density at radius 3 is 2.48 bits per heavy atom. The van der Waals surface area contributed by atoms with Crippen LogP contribution in [0, 0.1) is 11.7 Å². The van der Waals surface area contributed by atoms with E-state index in [1.165, 1.54) is 28.0 Å². The van der Waals surface area contributed by atoms with Crippen molar-refractivity contribution in [3.63, 3.8) is 0 Å². The standard InChI is InChI=1S/C43H57FN8O9S/c1-3-30-25-43(30)40(55)48-62(58,59)37-16-9-8-14-34(37)45-17-10-6-4-5-7-15-35(46-41(56)50-20-18-49(19-21-50)22-23-60-2)39(54)52-27-31(24-36(52)38(53)47-43)61-42(57)51-26-29-12-11-13-33(44)32(29)28-51/h3,8-9,11-14,16,30-31,35-36,45H,1,4-7,10,15,17-28H2,2H3,(H,46,56)(H,47,53)(H,48,55)/t30-,31-,35+,36+,43-/m1/s1. The highest BCUT2D eigenvalue weighted by Crippen LogP contribution is 2.45. The lowest BCUT2D eigenvalue weighted by atomic mass is 10.0. The average molecular weight is 881 g/mol. The first-order valence-corrected chi connectivity index (χ1v) is 23.0. The first kappa shape index (κ1) is 44.8. The van der Waals surface area contributed by atoms with Crippen molar-refractivity contribution in [1.29, 1.82) is 0 Å². The number of nitrogens with one attached hydrogen (secondary N) is 4. The van der Waals surface area contributed by atoms with E-state index in [0.717, 1.165) is 32.2 Å². The molecule has 6 amide bonds. The predicted octanol–water partition coefficient (Wildman–Crippen LogP) is 2.92. The van der Waals surface area contributed by atoms with Crippen LogP contribution in [-0.2, 0) is 47.0 Å². The Bertz CT molecular complexity index is 2140. The number of ether oxygens (including phenoxy) is 2. The number of carbonyl (C=O) groups excluding carboxylic acids is 5. The van der Waals surface area contributed by atoms with Gasteiger partial charge in [0.2, 0.25) is 11.8 Å². The first-order chi connectivity index (χ1) is 29.8. The summed E-state index contributed by atoms with van der Waals surface area (Å²) in [6.45, 7) is 7.61. The molecule has 5 aliphatic rings. The number of hydrogen-bond donors (Lipinski definition) is 4. The zero-order valence-corrected chi connectivity index (χ0v) is 35.9. The first-order valence-electron chi connectivity index (χ1n) is 21.5. The van der Waals surface area contributed by atoms with Crippen molar-refractivity contribution in [1.82, 2.24) is 35.0 Å². The van der Waals surface area contributed by atoms with Crippen molar-refractivity contribution in [2.45, 2.75) is 93.1 Å². The minimum Gasteiger partial charge on any atom is -0.444 e. The molecular weight excluding hydrogens is 824 g/mol. The summed E-state index contributed by atoms with van der Waals surface area (Å²) < 4.78 is 55.4. The Hall–Kier alpha value is -5.27. The number of amides is 6. The summed E-state index contributed by atoms with van der Waals surface area (Å²) in [6, 6.07) is 8.15. The van der Waals surface area contributed by atoms with E-state index in [4.69, 9.17) is 9.47 Å². The molecule has 2 aromatic carbocycles. The van der Waals surface area contributed by atoms with E-state index in [-0.39, 0.29) is 43.8 Å². The number of piperazine rings is 1. The fraction of sp³-hybridized carbons (Fsp3) is 0.558. The van der Waals surface area contributed by atoms with Gasteiger partial charge in [0.1, 0.15) is 34.4 Å². The largest absolute Gasteiger partial charge is 0.444 e. The van der Waals surface area contributed by atoms with E-state index < -0.39 is 75.3 Å². The number of hydrogen-bond acceptors (Lipinski definition) is 11. The van der Waals surface area contributed by atoms with E-state index in [9.17, 15) is 36.8 Å². The van der Waals surface area contributed by atoms with Gasteiger partial charge in [-0.2, -0.15) is 0 Å². The lowest BCUT2D eigenvalue weighted by molar-refractivity contribution is -0.141. The summed E-state index contributed by atoms with van der Waals surface area (Å²) >= 11 is 0. The SMILES string of the molecule is C=C[C@@H]1C[C@@]12NC(=O)[C@@H]1C[C@@H](OC(=O)N3Cc4cccc(F)c4C3)CN1C(=O)[C@@H](NC(=O)N1CCN(CCOC)CC1)CCCCCCCNc1ccccc1S(=O)(=O)NC2=O. The van der Waals surface area contributed by atoms with Gasteiger partial charge in [-0.15, -0.1) is 6.58 Å². The van der Waals surface area contributed by atoms with E-state index in [1.54, 1.807) is 42.3 Å². The van der Waals surface area contributed by atoms with Crippen molar-refractivity contribution in [2.75, 3.05) is 64.8 Å². The van der Waals surface area contributed by atoms with Crippen molar-refractivity contribution < 1.29 is 46.3 Å². The van der Waals surface area contributed by atoms with Gasteiger partial charge in [-0.05, 0) is 43.0 Å². The molecule has 2 aromatic rings. The van der Waals surface area contributed by atoms with Gasteiger partial charge in [-0.25, -0.2) is 27.1 Å². The summed E-state index contributed by atoms with van der Waals surface area (Å²) in [5, 5.41) is 8.91. The molecule has 4 heterocycles. The highest BCUT2D eigenvalue weighted by atomic mass is 32.2. The Kier molecular flexibility index (Phi) is 14.0. The molecule has 1 spiro atoms. The van der Waals surface area contributed by atoms with Gasteiger partial charge in [0.05, 0.1) is 25.4 Å². The fourth-order valence-electron chi connectivity index (χ4n) is 8.87. The molecule has 4 aliphatic heterocycles. The number of carbonyl (C=O) groups is 5. The van der Waals surface area contributed by atoms with Crippen LogP contribution >= 0.6 is 0 Å². The van der Waals surface area contributed by atoms with Crippen LogP contribution in [-0.4, -0.2) is 141 Å². The molecule has 1 saturated carbocycles. The van der Waals surface area contributed by atoms with Crippen molar-refractivity contribution in [2.24, 2.45) is 5.92 Å². The van der Waals surface area contributed by atoms with Gasteiger partial charge in [0.15, 0.2) is 0 Å². The van der Waals surface area contributed by atoms with E-state index >= 15 is 0 Å². The lowest BCUT2D eigenvalue weighted by Crippen LogP contribution is -2.59. The summed E-state index contributed by atoms with van der Waals surface area (Å²) in [4.78, 5) is 77.1. The number of halogens is 1. The van der Waals surface area contributed by atoms with Gasteiger partial charge in [0.25, 0.3) is 15.9 Å². The molecule has 1 aliphatic carbocycles. The minimum atomic E-state index is -4.42. The van der Waals surface area contributed by atoms with Gasteiger partial charge in [0, 0.05) is 70.8 Å². The Labute approximate surface area is 361 Å². The molecule has 5 atom stereocenters. The summed E-state index contributed by atoms with van der Waals surface area (Å²) in [7, 11) is -2.79. The maximum Gasteiger partial charge on any atom is 0.410 e. The van der Waals surface area contributed by atoms with Crippen molar-refractivity contribution in [3.05, 3.63) is 72.1 Å². The van der Waals surface area contributed by atoms with Gasteiger partial charge < -0.3 is 35.2 Å². The number of methoxy groups -OCH3 is 1. The number of fused-ring (bicyclic) bond motifs is 3. The smallest absolute Gasteiger partial charge is 0.410 e. The molecule has 4 N–H and O–H groups in total. The number of para-hydroxylation sites is 1.